The highest BCUT2D eigenvalue weighted by Gasteiger charge is 2.61. The summed E-state index contributed by atoms with van der Waals surface area (Å²) in [5.41, 5.74) is 0.187. The van der Waals surface area contributed by atoms with E-state index >= 15 is 0 Å². The van der Waals surface area contributed by atoms with Crippen LogP contribution in [0.2, 0.25) is 0 Å². The first-order valence-electron chi connectivity index (χ1n) is 10.4. The molecule has 0 amide bonds. The average molecular weight is 445 g/mol. The number of aromatic nitrogens is 5. The van der Waals surface area contributed by atoms with Crippen molar-refractivity contribution in [2.24, 2.45) is 0 Å². The van der Waals surface area contributed by atoms with E-state index in [2.05, 4.69) is 30.7 Å². The summed E-state index contributed by atoms with van der Waals surface area (Å²) < 4.78 is 41.1. The number of hydrogen-bond acceptors (Lipinski definition) is 7. The van der Waals surface area contributed by atoms with E-state index in [-0.39, 0.29) is 36.5 Å². The fourth-order valence-electron chi connectivity index (χ4n) is 4.79. The molecule has 11 heteroatoms. The van der Waals surface area contributed by atoms with Gasteiger partial charge in [0.25, 0.3) is 0 Å². The van der Waals surface area contributed by atoms with Gasteiger partial charge in [0.05, 0.1) is 18.0 Å². The molecule has 2 aromatic heterocycles. The maximum Gasteiger partial charge on any atom is 0.406 e. The Morgan fingerprint density at radius 2 is 2.03 bits per heavy atom. The highest BCUT2D eigenvalue weighted by Crippen LogP contribution is 2.47. The molecular formula is C21H22F3N7O. The van der Waals surface area contributed by atoms with E-state index in [1.54, 1.807) is 36.5 Å². The first-order chi connectivity index (χ1) is 15.3. The Morgan fingerprint density at radius 3 is 2.69 bits per heavy atom. The molecule has 0 spiro atoms. The fourth-order valence-corrected chi connectivity index (χ4v) is 4.79. The van der Waals surface area contributed by atoms with Gasteiger partial charge in [-0.25, -0.2) is 4.98 Å². The number of nitrogens with zero attached hydrogens (tertiary/aromatic N) is 5. The zero-order valence-corrected chi connectivity index (χ0v) is 17.3. The zero-order valence-electron chi connectivity index (χ0n) is 17.3. The Labute approximate surface area is 181 Å². The molecule has 5 rings (SSSR count). The van der Waals surface area contributed by atoms with Gasteiger partial charge in [0.15, 0.2) is 11.6 Å². The minimum atomic E-state index is -4.30. The van der Waals surface area contributed by atoms with Crippen molar-refractivity contribution in [2.75, 3.05) is 11.9 Å². The predicted octanol–water partition coefficient (Wildman–Crippen LogP) is 3.29. The van der Waals surface area contributed by atoms with Crippen LogP contribution in [-0.4, -0.2) is 61.3 Å². The monoisotopic (exact) mass is 445 g/mol. The van der Waals surface area contributed by atoms with Gasteiger partial charge >= 0.3 is 6.18 Å². The summed E-state index contributed by atoms with van der Waals surface area (Å²) >= 11 is 0. The van der Waals surface area contributed by atoms with Gasteiger partial charge in [-0.2, -0.15) is 18.3 Å². The fraction of sp³-hybridized carbons (Fsp3) is 0.429. The van der Waals surface area contributed by atoms with Gasteiger partial charge in [0.2, 0.25) is 0 Å². The lowest BCUT2D eigenvalue weighted by Gasteiger charge is -2.43. The van der Waals surface area contributed by atoms with Crippen LogP contribution in [0.3, 0.4) is 0 Å². The first-order valence-corrected chi connectivity index (χ1v) is 10.4. The number of hydrogen-bond donors (Lipinski definition) is 3. The van der Waals surface area contributed by atoms with Crippen LogP contribution in [0, 0.1) is 0 Å². The summed E-state index contributed by atoms with van der Waals surface area (Å²) in [6.07, 6.45) is 1.73. The molecule has 2 aliphatic heterocycles. The van der Waals surface area contributed by atoms with Gasteiger partial charge in [-0.1, -0.05) is 6.07 Å². The molecule has 168 valence electrons. The normalized spacial score (nSPS) is 25.1. The standard InChI is InChI=1S/C21H22F3N7O/c1-31(15-7-14-4-5-20(8-15,28-14)21(22,23)24)18-11-25-19(30-29-18)16-3-2-12(6-17(16)32)13-9-26-27-10-13/h2-3,6,9-11,14-15,28,32H,4-5,7-8H2,1H3,(H,26,27)/t14-,15-,20+/m1/s1. The van der Waals surface area contributed by atoms with Gasteiger partial charge in [0, 0.05) is 30.9 Å². The molecule has 2 bridgehead atoms. The number of benzene rings is 1. The molecule has 0 aliphatic carbocycles. The Hall–Kier alpha value is -3.21. The third kappa shape index (κ3) is 3.46. The quantitative estimate of drug-likeness (QED) is 0.566. The van der Waals surface area contributed by atoms with Crippen molar-refractivity contribution in [3.63, 3.8) is 0 Å². The number of piperidine rings is 1. The molecule has 2 fully saturated rings. The molecular weight excluding hydrogens is 423 g/mol. The number of phenols is 1. The van der Waals surface area contributed by atoms with Crippen molar-refractivity contribution in [2.45, 2.75) is 49.5 Å². The summed E-state index contributed by atoms with van der Waals surface area (Å²) in [5, 5.41) is 28.1. The lowest BCUT2D eigenvalue weighted by molar-refractivity contribution is -0.199. The van der Waals surface area contributed by atoms with Gasteiger partial charge in [-0.3, -0.25) is 5.10 Å². The van der Waals surface area contributed by atoms with Crippen molar-refractivity contribution in [1.82, 2.24) is 30.7 Å². The van der Waals surface area contributed by atoms with Crippen LogP contribution in [0.15, 0.2) is 36.8 Å². The van der Waals surface area contributed by atoms with E-state index in [0.717, 1.165) is 11.1 Å². The largest absolute Gasteiger partial charge is 0.507 e. The Bertz CT molecular complexity index is 1100. The van der Waals surface area contributed by atoms with Crippen molar-refractivity contribution < 1.29 is 18.3 Å². The molecule has 3 atom stereocenters. The molecule has 3 aromatic rings. The number of aromatic amines is 1. The summed E-state index contributed by atoms with van der Waals surface area (Å²) in [6, 6.07) is 4.60. The number of rotatable bonds is 4. The molecule has 0 radical (unpaired) electrons. The minimum Gasteiger partial charge on any atom is -0.507 e. The highest BCUT2D eigenvalue weighted by molar-refractivity contribution is 5.72. The predicted molar refractivity (Wildman–Crippen MR) is 111 cm³/mol. The van der Waals surface area contributed by atoms with E-state index in [1.807, 2.05) is 6.07 Å². The lowest BCUT2D eigenvalue weighted by Crippen LogP contribution is -2.62. The second-order valence-corrected chi connectivity index (χ2v) is 8.52. The number of anilines is 1. The number of H-pyrrole nitrogens is 1. The van der Waals surface area contributed by atoms with Crippen molar-refractivity contribution in [3.05, 3.63) is 36.8 Å². The lowest BCUT2D eigenvalue weighted by atomic mass is 9.86. The van der Waals surface area contributed by atoms with E-state index in [9.17, 15) is 18.3 Å². The smallest absolute Gasteiger partial charge is 0.406 e. The maximum atomic E-state index is 13.7. The van der Waals surface area contributed by atoms with Crippen LogP contribution in [0.25, 0.3) is 22.5 Å². The molecule has 1 aromatic carbocycles. The van der Waals surface area contributed by atoms with Crippen LogP contribution in [0.5, 0.6) is 5.75 Å². The number of phenolic OH excluding ortho intramolecular Hbond substituents is 1. The Kier molecular flexibility index (Phi) is 4.81. The van der Waals surface area contributed by atoms with Gasteiger partial charge in [-0.15, -0.1) is 10.2 Å². The molecule has 2 saturated heterocycles. The van der Waals surface area contributed by atoms with Gasteiger partial charge in [0.1, 0.15) is 11.3 Å². The SMILES string of the molecule is CN(c1cnc(-c2ccc(-c3cn[nH]c3)cc2O)nn1)[C@@H]1C[C@H]2CC[C@@](C(F)(F)F)(C1)N2. The molecule has 0 unspecified atom stereocenters. The second kappa shape index (κ2) is 7.44. The summed E-state index contributed by atoms with van der Waals surface area (Å²) in [7, 11) is 1.72. The van der Waals surface area contributed by atoms with Crippen molar-refractivity contribution in [1.29, 1.82) is 0 Å². The molecule has 4 heterocycles. The average Bonchev–Trinajstić information content (AvgIpc) is 3.41. The molecule has 2 aliphatic rings. The summed E-state index contributed by atoms with van der Waals surface area (Å²) in [6.45, 7) is 0. The molecule has 3 N–H and O–H groups in total. The van der Waals surface area contributed by atoms with Crippen LogP contribution < -0.4 is 10.2 Å². The molecule has 0 saturated carbocycles. The Balaban J connectivity index is 1.35. The third-order valence-corrected chi connectivity index (χ3v) is 6.61. The third-order valence-electron chi connectivity index (χ3n) is 6.61. The number of nitrogens with one attached hydrogen (secondary N) is 2. The maximum absolute atomic E-state index is 13.7. The molecule has 32 heavy (non-hydrogen) atoms. The van der Waals surface area contributed by atoms with E-state index in [0.29, 0.717) is 24.2 Å². The Morgan fingerprint density at radius 1 is 1.19 bits per heavy atom. The van der Waals surface area contributed by atoms with Crippen molar-refractivity contribution >= 4 is 5.82 Å². The van der Waals surface area contributed by atoms with Crippen molar-refractivity contribution in [3.8, 4) is 28.3 Å². The minimum absolute atomic E-state index is 0.00588. The van der Waals surface area contributed by atoms with Crippen LogP contribution >= 0.6 is 0 Å². The van der Waals surface area contributed by atoms with Crippen LogP contribution in [0.1, 0.15) is 25.7 Å². The number of alkyl halides is 3. The summed E-state index contributed by atoms with van der Waals surface area (Å²) in [4.78, 5) is 6.03. The van der Waals surface area contributed by atoms with E-state index in [1.165, 1.54) is 6.20 Å². The number of halogens is 3. The number of fused-ring (bicyclic) bond motifs is 2. The zero-order chi connectivity index (χ0) is 22.5. The number of aromatic hydroxyl groups is 1. The van der Waals surface area contributed by atoms with E-state index < -0.39 is 11.7 Å². The van der Waals surface area contributed by atoms with Gasteiger partial charge < -0.3 is 15.3 Å². The van der Waals surface area contributed by atoms with Crippen LogP contribution in [-0.2, 0) is 0 Å². The van der Waals surface area contributed by atoms with E-state index in [4.69, 9.17) is 0 Å². The molecule has 8 nitrogen and oxygen atoms in total. The topological polar surface area (TPSA) is 103 Å². The highest BCUT2D eigenvalue weighted by atomic mass is 19.4. The summed E-state index contributed by atoms with van der Waals surface area (Å²) in [5.74, 6) is 0.621. The second-order valence-electron chi connectivity index (χ2n) is 8.52. The van der Waals surface area contributed by atoms with Gasteiger partial charge in [-0.05, 0) is 43.4 Å². The van der Waals surface area contributed by atoms with Crippen LogP contribution in [0.4, 0.5) is 19.0 Å². The first kappa shape index (κ1) is 20.7.